The van der Waals surface area contributed by atoms with Gasteiger partial charge in [-0.2, -0.15) is 0 Å². The maximum absolute atomic E-state index is 10.1. The Morgan fingerprint density at radius 1 is 1.00 bits per heavy atom. The molecule has 1 aliphatic heterocycles. The number of hydrogen-bond acceptors (Lipinski definition) is 4. The van der Waals surface area contributed by atoms with Gasteiger partial charge in [-0.25, -0.2) is 0 Å². The van der Waals surface area contributed by atoms with E-state index in [-0.39, 0.29) is 12.0 Å². The Kier molecular flexibility index (Phi) is 8.91. The smallest absolute Gasteiger partial charge is 0.180 e. The van der Waals surface area contributed by atoms with Gasteiger partial charge < -0.3 is 20.7 Å². The number of nitrogens with two attached hydrogens (primary N) is 1. The second-order valence-corrected chi connectivity index (χ2v) is 7.20. The van der Waals surface area contributed by atoms with E-state index < -0.39 is 17.9 Å². The van der Waals surface area contributed by atoms with Crippen LogP contribution in [0.5, 0.6) is 0 Å². The quantitative estimate of drug-likeness (QED) is 0.540. The maximum Gasteiger partial charge on any atom is 0.180 e. The minimum atomic E-state index is -1.42. The van der Waals surface area contributed by atoms with Gasteiger partial charge in [-0.05, 0) is 13.3 Å². The van der Waals surface area contributed by atoms with Gasteiger partial charge in [0.1, 0.15) is 0 Å². The number of aliphatic hydroxyl groups is 2. The fourth-order valence-electron chi connectivity index (χ4n) is 3.33. The minimum absolute atomic E-state index is 0.0238. The van der Waals surface area contributed by atoms with Crippen molar-refractivity contribution in [2.45, 2.75) is 109 Å². The molecule has 0 aromatic carbocycles. The van der Waals surface area contributed by atoms with Gasteiger partial charge in [0.05, 0.1) is 18.2 Å². The van der Waals surface area contributed by atoms with Crippen LogP contribution in [0.25, 0.3) is 0 Å². The van der Waals surface area contributed by atoms with Crippen LogP contribution in [0.1, 0.15) is 85.0 Å². The molecule has 5 atom stereocenters. The molecule has 22 heavy (non-hydrogen) atoms. The summed E-state index contributed by atoms with van der Waals surface area (Å²) in [4.78, 5) is 0. The first kappa shape index (κ1) is 19.9. The highest BCUT2D eigenvalue weighted by Gasteiger charge is 2.47. The van der Waals surface area contributed by atoms with Crippen molar-refractivity contribution in [2.24, 2.45) is 11.7 Å². The molecule has 0 spiro atoms. The van der Waals surface area contributed by atoms with Gasteiger partial charge in [0.15, 0.2) is 5.79 Å². The maximum atomic E-state index is 10.1. The SMILES string of the molecule is CCCCCCCCCCCC1OC(C)(O)C(N)[C@H](O)[C@@H]1C. The third kappa shape index (κ3) is 6.15. The summed E-state index contributed by atoms with van der Waals surface area (Å²) in [7, 11) is 0. The zero-order valence-electron chi connectivity index (χ0n) is 14.8. The molecule has 4 N–H and O–H groups in total. The summed E-state index contributed by atoms with van der Waals surface area (Å²) < 4.78 is 5.71. The lowest BCUT2D eigenvalue weighted by Gasteiger charge is -2.46. The first-order valence-corrected chi connectivity index (χ1v) is 9.24. The van der Waals surface area contributed by atoms with Crippen molar-refractivity contribution >= 4 is 0 Å². The van der Waals surface area contributed by atoms with Gasteiger partial charge >= 0.3 is 0 Å². The second-order valence-electron chi connectivity index (χ2n) is 7.20. The normalized spacial score (nSPS) is 35.7. The molecule has 3 unspecified atom stereocenters. The summed E-state index contributed by atoms with van der Waals surface area (Å²) in [5.74, 6) is -1.44. The lowest BCUT2D eigenvalue weighted by molar-refractivity contribution is -0.289. The van der Waals surface area contributed by atoms with Crippen LogP contribution in [-0.2, 0) is 4.74 Å². The van der Waals surface area contributed by atoms with Gasteiger partial charge in [-0.1, -0.05) is 71.6 Å². The topological polar surface area (TPSA) is 75.7 Å². The minimum Gasteiger partial charge on any atom is -0.391 e. The third-order valence-electron chi connectivity index (χ3n) is 5.09. The van der Waals surface area contributed by atoms with Crippen LogP contribution in [-0.4, -0.2) is 34.2 Å². The third-order valence-corrected chi connectivity index (χ3v) is 5.09. The van der Waals surface area contributed by atoms with Crippen LogP contribution in [0.4, 0.5) is 0 Å². The summed E-state index contributed by atoms with van der Waals surface area (Å²) in [6, 6.07) is -0.734. The van der Waals surface area contributed by atoms with E-state index in [0.717, 1.165) is 12.8 Å². The van der Waals surface area contributed by atoms with Gasteiger partial charge in [0.25, 0.3) is 0 Å². The first-order chi connectivity index (χ1) is 10.4. The highest BCUT2D eigenvalue weighted by Crippen LogP contribution is 2.32. The van der Waals surface area contributed by atoms with Crippen LogP contribution in [0.3, 0.4) is 0 Å². The Morgan fingerprint density at radius 2 is 1.50 bits per heavy atom. The number of ether oxygens (including phenoxy) is 1. The van der Waals surface area contributed by atoms with Crippen LogP contribution < -0.4 is 5.73 Å². The zero-order valence-corrected chi connectivity index (χ0v) is 14.8. The van der Waals surface area contributed by atoms with Crippen LogP contribution in [0.15, 0.2) is 0 Å². The lowest BCUT2D eigenvalue weighted by atomic mass is 9.83. The van der Waals surface area contributed by atoms with Crippen molar-refractivity contribution in [3.8, 4) is 0 Å². The molecule has 4 heteroatoms. The second kappa shape index (κ2) is 9.86. The number of aliphatic hydroxyl groups excluding tert-OH is 1. The molecule has 1 aliphatic rings. The van der Waals surface area contributed by atoms with Crippen LogP contribution >= 0.6 is 0 Å². The average Bonchev–Trinajstić information content (AvgIpc) is 2.48. The Labute approximate surface area is 136 Å². The fraction of sp³-hybridized carbons (Fsp3) is 1.00. The van der Waals surface area contributed by atoms with E-state index in [1.54, 1.807) is 6.92 Å². The van der Waals surface area contributed by atoms with E-state index in [2.05, 4.69) is 6.92 Å². The summed E-state index contributed by atoms with van der Waals surface area (Å²) in [5, 5.41) is 20.3. The first-order valence-electron chi connectivity index (χ1n) is 9.24. The van der Waals surface area contributed by atoms with Crippen molar-refractivity contribution in [3.05, 3.63) is 0 Å². The van der Waals surface area contributed by atoms with Crippen molar-refractivity contribution < 1.29 is 14.9 Å². The molecule has 132 valence electrons. The van der Waals surface area contributed by atoms with Crippen LogP contribution in [0, 0.1) is 5.92 Å². The molecular weight excluding hydrogens is 278 g/mol. The van der Waals surface area contributed by atoms with E-state index >= 15 is 0 Å². The summed E-state index contributed by atoms with van der Waals surface area (Å²) in [5.41, 5.74) is 5.83. The molecule has 4 nitrogen and oxygen atoms in total. The molecule has 0 amide bonds. The summed E-state index contributed by atoms with van der Waals surface area (Å²) in [6.07, 6.45) is 11.7. The van der Waals surface area contributed by atoms with Gasteiger partial charge in [0.2, 0.25) is 0 Å². The molecule has 1 saturated heterocycles. The number of hydrogen-bond donors (Lipinski definition) is 3. The zero-order chi connectivity index (χ0) is 16.6. The highest BCUT2D eigenvalue weighted by molar-refractivity contribution is 4.94. The van der Waals surface area contributed by atoms with Crippen molar-refractivity contribution in [3.63, 3.8) is 0 Å². The summed E-state index contributed by atoms with van der Waals surface area (Å²) in [6.45, 7) is 5.75. The van der Waals surface area contributed by atoms with E-state index in [4.69, 9.17) is 10.5 Å². The van der Waals surface area contributed by atoms with Crippen molar-refractivity contribution in [1.29, 1.82) is 0 Å². The average molecular weight is 315 g/mol. The molecule has 0 saturated carbocycles. The molecule has 1 rings (SSSR count). The molecule has 0 aromatic rings. The molecule has 0 aliphatic carbocycles. The van der Waals surface area contributed by atoms with Gasteiger partial charge in [-0.15, -0.1) is 0 Å². The Hall–Kier alpha value is -0.160. The van der Waals surface area contributed by atoms with E-state index in [1.165, 1.54) is 51.4 Å². The standard InChI is InChI=1S/C18H37NO3/c1-4-5-6-7-8-9-10-11-12-13-15-14(2)16(20)17(19)18(3,21)22-15/h14-17,20-21H,4-13,19H2,1-3H3/t14-,15?,16-,17?,18?/m1/s1. The lowest BCUT2D eigenvalue weighted by Crippen LogP contribution is -2.63. The molecule has 0 bridgehead atoms. The fourth-order valence-corrected chi connectivity index (χ4v) is 3.33. The van der Waals surface area contributed by atoms with Gasteiger partial charge in [-0.3, -0.25) is 0 Å². The molecular formula is C18H37NO3. The van der Waals surface area contributed by atoms with E-state index in [9.17, 15) is 10.2 Å². The molecule has 0 aromatic heterocycles. The van der Waals surface area contributed by atoms with Crippen molar-refractivity contribution in [2.75, 3.05) is 0 Å². The van der Waals surface area contributed by atoms with E-state index in [1.807, 2.05) is 6.92 Å². The predicted molar refractivity (Wildman–Crippen MR) is 90.5 cm³/mol. The van der Waals surface area contributed by atoms with Crippen molar-refractivity contribution in [1.82, 2.24) is 0 Å². The Morgan fingerprint density at radius 3 is 2.05 bits per heavy atom. The molecule has 1 fully saturated rings. The molecule has 0 radical (unpaired) electrons. The van der Waals surface area contributed by atoms with Crippen LogP contribution in [0.2, 0.25) is 0 Å². The predicted octanol–water partition coefficient (Wildman–Crippen LogP) is 3.34. The Bertz CT molecular complexity index is 296. The van der Waals surface area contributed by atoms with E-state index in [0.29, 0.717) is 0 Å². The molecule has 1 heterocycles. The number of unbranched alkanes of at least 4 members (excludes halogenated alkanes) is 8. The largest absolute Gasteiger partial charge is 0.391 e. The number of rotatable bonds is 10. The van der Waals surface area contributed by atoms with Gasteiger partial charge in [0, 0.05) is 5.92 Å². The Balaban J connectivity index is 2.14. The monoisotopic (exact) mass is 315 g/mol. The highest BCUT2D eigenvalue weighted by atomic mass is 16.6. The summed E-state index contributed by atoms with van der Waals surface area (Å²) >= 11 is 0.